The van der Waals surface area contributed by atoms with E-state index in [4.69, 9.17) is 9.15 Å². The highest BCUT2D eigenvalue weighted by molar-refractivity contribution is 6.03. The van der Waals surface area contributed by atoms with E-state index in [2.05, 4.69) is 10.2 Å². The number of aromatic hydroxyl groups is 1. The zero-order chi connectivity index (χ0) is 19.5. The van der Waals surface area contributed by atoms with E-state index in [1.807, 2.05) is 49.4 Å². The lowest BCUT2D eigenvalue weighted by Gasteiger charge is -2.33. The lowest BCUT2D eigenvalue weighted by Crippen LogP contribution is -2.43. The molecule has 2 aromatic carbocycles. The number of benzene rings is 2. The molecule has 6 heteroatoms. The van der Waals surface area contributed by atoms with E-state index in [1.165, 1.54) is 0 Å². The first-order chi connectivity index (χ1) is 13.6. The van der Waals surface area contributed by atoms with E-state index in [0.29, 0.717) is 25.1 Å². The third kappa shape index (κ3) is 3.74. The summed E-state index contributed by atoms with van der Waals surface area (Å²) >= 11 is 0. The second-order valence-corrected chi connectivity index (χ2v) is 7.01. The van der Waals surface area contributed by atoms with Crippen LogP contribution in [0.25, 0.3) is 10.8 Å². The summed E-state index contributed by atoms with van der Waals surface area (Å²) in [5.41, 5.74) is 0.273. The predicted octanol–water partition coefficient (Wildman–Crippen LogP) is 3.25. The molecule has 1 fully saturated rings. The van der Waals surface area contributed by atoms with Crippen molar-refractivity contribution in [2.45, 2.75) is 13.0 Å². The molecular weight excluding hydrogens is 356 g/mol. The number of phenolic OH excluding ortho intramolecular Hbond substituents is 1. The maximum atomic E-state index is 12.8. The molecule has 1 atom stereocenters. The molecule has 0 radical (unpaired) electrons. The highest BCUT2D eigenvalue weighted by Crippen LogP contribution is 2.29. The number of fused-ring (bicyclic) bond motifs is 1. The standard InChI is InChI=1S/C22H24N2O4/c1-15-6-9-20(28-15)19(24-10-12-27-13-11-24)14-23-22(26)18-8-7-16-4-2-3-5-17(16)21(18)25/h2-9,19,25H,10-14H2,1H3,(H,23,26)/t19-/m0/s1. The van der Waals surface area contributed by atoms with Crippen LogP contribution in [0.2, 0.25) is 0 Å². The first kappa shape index (κ1) is 18.5. The number of nitrogens with zero attached hydrogens (tertiary/aromatic N) is 1. The van der Waals surface area contributed by atoms with Crippen molar-refractivity contribution < 1.29 is 19.1 Å². The van der Waals surface area contributed by atoms with Gasteiger partial charge in [-0.25, -0.2) is 0 Å². The largest absolute Gasteiger partial charge is 0.506 e. The summed E-state index contributed by atoms with van der Waals surface area (Å²) in [5, 5.41) is 15.1. The molecule has 0 spiro atoms. The summed E-state index contributed by atoms with van der Waals surface area (Å²) in [6, 6.07) is 14.8. The molecule has 0 aliphatic carbocycles. The third-order valence-corrected chi connectivity index (χ3v) is 5.18. The van der Waals surface area contributed by atoms with E-state index in [9.17, 15) is 9.90 Å². The van der Waals surface area contributed by atoms with Crippen molar-refractivity contribution in [3.8, 4) is 5.75 Å². The van der Waals surface area contributed by atoms with Crippen LogP contribution in [0, 0.1) is 6.92 Å². The average Bonchev–Trinajstić information content (AvgIpc) is 3.15. The van der Waals surface area contributed by atoms with Crippen molar-refractivity contribution in [3.63, 3.8) is 0 Å². The maximum Gasteiger partial charge on any atom is 0.255 e. The molecule has 2 N–H and O–H groups in total. The fraction of sp³-hybridized carbons (Fsp3) is 0.318. The van der Waals surface area contributed by atoms with Crippen molar-refractivity contribution in [2.75, 3.05) is 32.8 Å². The molecule has 1 saturated heterocycles. The number of furan rings is 1. The van der Waals surface area contributed by atoms with Crippen molar-refractivity contribution in [1.29, 1.82) is 0 Å². The second kappa shape index (κ2) is 8.04. The van der Waals surface area contributed by atoms with Gasteiger partial charge in [0, 0.05) is 25.0 Å². The lowest BCUT2D eigenvalue weighted by atomic mass is 10.0. The molecular formula is C22H24N2O4. The zero-order valence-corrected chi connectivity index (χ0v) is 15.9. The van der Waals surface area contributed by atoms with Gasteiger partial charge in [0.15, 0.2) is 0 Å². The molecule has 1 amide bonds. The normalized spacial score (nSPS) is 16.2. The van der Waals surface area contributed by atoms with Gasteiger partial charge in [-0.05, 0) is 30.5 Å². The van der Waals surface area contributed by atoms with Crippen molar-refractivity contribution >= 4 is 16.7 Å². The van der Waals surface area contributed by atoms with Crippen molar-refractivity contribution in [1.82, 2.24) is 10.2 Å². The average molecular weight is 380 g/mol. The predicted molar refractivity (Wildman–Crippen MR) is 107 cm³/mol. The highest BCUT2D eigenvalue weighted by atomic mass is 16.5. The number of hydrogen-bond acceptors (Lipinski definition) is 5. The van der Waals surface area contributed by atoms with Gasteiger partial charge >= 0.3 is 0 Å². The van der Waals surface area contributed by atoms with E-state index in [-0.39, 0.29) is 23.3 Å². The van der Waals surface area contributed by atoms with Crippen LogP contribution in [0.1, 0.15) is 27.9 Å². The van der Waals surface area contributed by atoms with Gasteiger partial charge in [-0.15, -0.1) is 0 Å². The Labute approximate surface area is 163 Å². The number of ether oxygens (including phenoxy) is 1. The van der Waals surface area contributed by atoms with Crippen LogP contribution >= 0.6 is 0 Å². The minimum absolute atomic E-state index is 0.00682. The van der Waals surface area contributed by atoms with Crippen LogP contribution in [-0.4, -0.2) is 48.8 Å². The van der Waals surface area contributed by atoms with Crippen molar-refractivity contribution in [3.05, 3.63) is 65.6 Å². The Balaban J connectivity index is 1.53. The van der Waals surface area contributed by atoms with Crippen LogP contribution < -0.4 is 5.32 Å². The highest BCUT2D eigenvalue weighted by Gasteiger charge is 2.26. The third-order valence-electron chi connectivity index (χ3n) is 5.18. The molecule has 28 heavy (non-hydrogen) atoms. The Morgan fingerprint density at radius 1 is 1.14 bits per heavy atom. The number of carbonyl (C=O) groups is 1. The molecule has 1 aliphatic rings. The topological polar surface area (TPSA) is 74.9 Å². The van der Waals surface area contributed by atoms with Gasteiger partial charge < -0.3 is 19.6 Å². The number of nitrogens with one attached hydrogen (secondary N) is 1. The molecule has 6 nitrogen and oxygen atoms in total. The Bertz CT molecular complexity index is 976. The Morgan fingerprint density at radius 2 is 1.93 bits per heavy atom. The van der Waals surface area contributed by atoms with E-state index < -0.39 is 0 Å². The maximum absolute atomic E-state index is 12.8. The molecule has 4 rings (SSSR count). The van der Waals surface area contributed by atoms with Crippen LogP contribution in [0.5, 0.6) is 5.75 Å². The Hall–Kier alpha value is -2.83. The summed E-state index contributed by atoms with van der Waals surface area (Å²) < 4.78 is 11.3. The Morgan fingerprint density at radius 3 is 2.68 bits per heavy atom. The van der Waals surface area contributed by atoms with Gasteiger partial charge in [-0.2, -0.15) is 0 Å². The number of amides is 1. The van der Waals surface area contributed by atoms with E-state index >= 15 is 0 Å². The van der Waals surface area contributed by atoms with Crippen molar-refractivity contribution in [2.24, 2.45) is 0 Å². The monoisotopic (exact) mass is 380 g/mol. The SMILES string of the molecule is Cc1ccc([C@H](CNC(=O)c2ccc3ccccc3c2O)N2CCOCC2)o1. The molecule has 1 aromatic heterocycles. The van der Waals surface area contributed by atoms with Gasteiger partial charge in [0.1, 0.15) is 17.3 Å². The summed E-state index contributed by atoms with van der Waals surface area (Å²) in [4.78, 5) is 15.0. The fourth-order valence-electron chi connectivity index (χ4n) is 3.65. The number of carbonyl (C=O) groups excluding carboxylic acids is 1. The minimum Gasteiger partial charge on any atom is -0.506 e. The zero-order valence-electron chi connectivity index (χ0n) is 15.9. The molecule has 2 heterocycles. The van der Waals surface area contributed by atoms with Gasteiger partial charge in [0.2, 0.25) is 0 Å². The molecule has 1 aliphatic heterocycles. The molecule has 3 aromatic rings. The summed E-state index contributed by atoms with van der Waals surface area (Å²) in [6.07, 6.45) is 0. The molecule has 0 bridgehead atoms. The Kier molecular flexibility index (Phi) is 5.32. The molecule has 0 unspecified atom stereocenters. The number of phenols is 1. The van der Waals surface area contributed by atoms with E-state index in [0.717, 1.165) is 30.0 Å². The van der Waals surface area contributed by atoms with Gasteiger partial charge in [0.05, 0.1) is 24.8 Å². The summed E-state index contributed by atoms with van der Waals surface area (Å²) in [7, 11) is 0. The number of rotatable bonds is 5. The van der Waals surface area contributed by atoms with Gasteiger partial charge in [-0.3, -0.25) is 9.69 Å². The summed E-state index contributed by atoms with van der Waals surface area (Å²) in [6.45, 7) is 5.18. The summed E-state index contributed by atoms with van der Waals surface area (Å²) in [5.74, 6) is 1.37. The van der Waals surface area contributed by atoms with Gasteiger partial charge in [0.25, 0.3) is 5.91 Å². The second-order valence-electron chi connectivity index (χ2n) is 7.01. The molecule has 146 valence electrons. The van der Waals surface area contributed by atoms with E-state index in [1.54, 1.807) is 6.07 Å². The minimum atomic E-state index is -0.301. The first-order valence-corrected chi connectivity index (χ1v) is 9.50. The van der Waals surface area contributed by atoms with Crippen LogP contribution in [-0.2, 0) is 4.74 Å². The van der Waals surface area contributed by atoms with Crippen LogP contribution in [0.15, 0.2) is 52.9 Å². The quantitative estimate of drug-likeness (QED) is 0.711. The smallest absolute Gasteiger partial charge is 0.255 e. The molecule has 0 saturated carbocycles. The van der Waals surface area contributed by atoms with Crippen LogP contribution in [0.4, 0.5) is 0 Å². The van der Waals surface area contributed by atoms with Gasteiger partial charge in [-0.1, -0.05) is 30.3 Å². The number of aryl methyl sites for hydroxylation is 1. The fourth-order valence-corrected chi connectivity index (χ4v) is 3.65. The van der Waals surface area contributed by atoms with Crippen LogP contribution in [0.3, 0.4) is 0 Å². The first-order valence-electron chi connectivity index (χ1n) is 9.50. The lowest BCUT2D eigenvalue weighted by molar-refractivity contribution is 0.0117. The number of hydrogen-bond donors (Lipinski definition) is 2. The number of morpholine rings is 1.